The van der Waals surface area contributed by atoms with Crippen LogP contribution in [0.25, 0.3) is 6.08 Å². The minimum atomic E-state index is 0.993. The molecule has 8 heavy (non-hydrogen) atoms. The standard InChI is InChI=1S/C6H6BrN/c1-2-5-3-4-6(7)8-5/h2-4,8H,1H2. The monoisotopic (exact) mass is 171 g/mol. The van der Waals surface area contributed by atoms with Crippen LogP contribution in [-0.2, 0) is 0 Å². The SMILES string of the molecule is C=Cc1ccc(Br)[nH]1. The maximum absolute atomic E-state index is 3.59. The summed E-state index contributed by atoms with van der Waals surface area (Å²) in [5, 5.41) is 0. The Kier molecular flexibility index (Phi) is 1.53. The number of hydrogen-bond donors (Lipinski definition) is 1. The van der Waals surface area contributed by atoms with Gasteiger partial charge >= 0.3 is 0 Å². The first-order valence-electron chi connectivity index (χ1n) is 2.30. The zero-order valence-electron chi connectivity index (χ0n) is 4.32. The maximum Gasteiger partial charge on any atom is 0.0824 e. The highest BCUT2D eigenvalue weighted by Crippen LogP contribution is 2.08. The highest BCUT2D eigenvalue weighted by molar-refractivity contribution is 9.10. The summed E-state index contributed by atoms with van der Waals surface area (Å²) in [5.74, 6) is 0. The summed E-state index contributed by atoms with van der Waals surface area (Å²) in [6, 6.07) is 3.90. The van der Waals surface area contributed by atoms with E-state index in [1.807, 2.05) is 12.1 Å². The van der Waals surface area contributed by atoms with Gasteiger partial charge in [0.1, 0.15) is 0 Å². The molecule has 1 nitrogen and oxygen atoms in total. The average Bonchev–Trinajstić information content (AvgIpc) is 2.14. The average molecular weight is 172 g/mol. The van der Waals surface area contributed by atoms with Gasteiger partial charge in [0.05, 0.1) is 4.60 Å². The molecule has 0 fully saturated rings. The Balaban J connectivity index is 3.00. The second-order valence-electron chi connectivity index (χ2n) is 1.47. The van der Waals surface area contributed by atoms with Gasteiger partial charge in [0.25, 0.3) is 0 Å². The van der Waals surface area contributed by atoms with E-state index in [1.54, 1.807) is 6.08 Å². The van der Waals surface area contributed by atoms with Gasteiger partial charge in [-0.1, -0.05) is 6.58 Å². The molecule has 0 aliphatic heterocycles. The number of halogens is 1. The molecule has 2 heteroatoms. The largest absolute Gasteiger partial charge is 0.350 e. The Bertz CT molecular complexity index is 190. The van der Waals surface area contributed by atoms with Crippen molar-refractivity contribution in [2.24, 2.45) is 0 Å². The molecular formula is C6H6BrN. The molecule has 0 radical (unpaired) electrons. The van der Waals surface area contributed by atoms with Gasteiger partial charge in [-0.2, -0.15) is 0 Å². The van der Waals surface area contributed by atoms with Crippen LogP contribution in [0.3, 0.4) is 0 Å². The van der Waals surface area contributed by atoms with Crippen LogP contribution in [0, 0.1) is 0 Å². The molecule has 42 valence electrons. The van der Waals surface area contributed by atoms with Gasteiger partial charge in [-0.15, -0.1) is 0 Å². The lowest BCUT2D eigenvalue weighted by atomic mass is 10.4. The van der Waals surface area contributed by atoms with Gasteiger partial charge in [-0.25, -0.2) is 0 Å². The molecule has 1 aromatic heterocycles. The van der Waals surface area contributed by atoms with E-state index in [-0.39, 0.29) is 0 Å². The fraction of sp³-hybridized carbons (Fsp3) is 0. The third-order valence-corrected chi connectivity index (χ3v) is 1.36. The van der Waals surface area contributed by atoms with Crippen LogP contribution in [0.4, 0.5) is 0 Å². The molecule has 1 aromatic rings. The highest BCUT2D eigenvalue weighted by Gasteiger charge is 1.86. The van der Waals surface area contributed by atoms with Gasteiger partial charge in [-0.05, 0) is 34.1 Å². The van der Waals surface area contributed by atoms with Crippen molar-refractivity contribution in [2.45, 2.75) is 0 Å². The molecule has 1 heterocycles. The topological polar surface area (TPSA) is 15.8 Å². The number of H-pyrrole nitrogens is 1. The van der Waals surface area contributed by atoms with E-state index in [9.17, 15) is 0 Å². The van der Waals surface area contributed by atoms with Crippen LogP contribution in [0.1, 0.15) is 5.69 Å². The van der Waals surface area contributed by atoms with Gasteiger partial charge in [0.15, 0.2) is 0 Å². The molecule has 0 saturated carbocycles. The first kappa shape index (κ1) is 5.63. The Labute approximate surface area is 56.5 Å². The number of rotatable bonds is 1. The normalized spacial score (nSPS) is 9.12. The second-order valence-corrected chi connectivity index (χ2v) is 2.32. The lowest BCUT2D eigenvalue weighted by molar-refractivity contribution is 1.33. The third kappa shape index (κ3) is 1.01. The van der Waals surface area contributed by atoms with Crippen molar-refractivity contribution in [3.63, 3.8) is 0 Å². The molecule has 0 aromatic carbocycles. The minimum absolute atomic E-state index is 0.993. The summed E-state index contributed by atoms with van der Waals surface area (Å²) >= 11 is 3.27. The van der Waals surface area contributed by atoms with E-state index in [4.69, 9.17) is 0 Å². The van der Waals surface area contributed by atoms with Crippen molar-refractivity contribution < 1.29 is 0 Å². The fourth-order valence-electron chi connectivity index (χ4n) is 0.503. The van der Waals surface area contributed by atoms with Crippen LogP contribution in [0.5, 0.6) is 0 Å². The molecule has 0 aliphatic carbocycles. The van der Waals surface area contributed by atoms with Crippen LogP contribution < -0.4 is 0 Å². The van der Waals surface area contributed by atoms with Crippen molar-refractivity contribution in [3.8, 4) is 0 Å². The van der Waals surface area contributed by atoms with Crippen LogP contribution in [-0.4, -0.2) is 4.98 Å². The molecule has 0 atom stereocenters. The van der Waals surface area contributed by atoms with E-state index >= 15 is 0 Å². The molecule has 1 rings (SSSR count). The van der Waals surface area contributed by atoms with Crippen LogP contribution in [0.15, 0.2) is 23.3 Å². The number of aromatic nitrogens is 1. The van der Waals surface area contributed by atoms with Crippen molar-refractivity contribution in [1.29, 1.82) is 0 Å². The zero-order chi connectivity index (χ0) is 5.98. The van der Waals surface area contributed by atoms with E-state index in [0.29, 0.717) is 0 Å². The Morgan fingerprint density at radius 3 is 2.62 bits per heavy atom. The lowest BCUT2D eigenvalue weighted by Gasteiger charge is -1.78. The summed E-state index contributed by atoms with van der Waals surface area (Å²) in [6.45, 7) is 3.59. The summed E-state index contributed by atoms with van der Waals surface area (Å²) in [5.41, 5.74) is 1.04. The fourth-order valence-corrected chi connectivity index (χ4v) is 0.864. The quantitative estimate of drug-likeness (QED) is 0.669. The molecule has 1 N–H and O–H groups in total. The van der Waals surface area contributed by atoms with Crippen LogP contribution in [0.2, 0.25) is 0 Å². The number of hydrogen-bond acceptors (Lipinski definition) is 0. The predicted molar refractivity (Wildman–Crippen MR) is 38.6 cm³/mol. The van der Waals surface area contributed by atoms with Gasteiger partial charge in [0.2, 0.25) is 0 Å². The maximum atomic E-state index is 3.59. The van der Waals surface area contributed by atoms with Gasteiger partial charge < -0.3 is 4.98 Å². The number of aromatic amines is 1. The highest BCUT2D eigenvalue weighted by atomic mass is 79.9. The molecule has 0 spiro atoms. The summed E-state index contributed by atoms with van der Waals surface area (Å²) in [6.07, 6.45) is 1.77. The van der Waals surface area contributed by atoms with E-state index < -0.39 is 0 Å². The van der Waals surface area contributed by atoms with Gasteiger partial charge in [0, 0.05) is 5.69 Å². The Morgan fingerprint density at radius 1 is 1.62 bits per heavy atom. The first-order valence-corrected chi connectivity index (χ1v) is 3.09. The zero-order valence-corrected chi connectivity index (χ0v) is 5.90. The number of nitrogens with one attached hydrogen (secondary N) is 1. The summed E-state index contributed by atoms with van der Waals surface area (Å²) < 4.78 is 0.993. The molecule has 0 unspecified atom stereocenters. The van der Waals surface area contributed by atoms with E-state index in [2.05, 4.69) is 27.5 Å². The third-order valence-electron chi connectivity index (χ3n) is 0.893. The molecular weight excluding hydrogens is 166 g/mol. The van der Waals surface area contributed by atoms with Gasteiger partial charge in [-0.3, -0.25) is 0 Å². The predicted octanol–water partition coefficient (Wildman–Crippen LogP) is 2.42. The molecule has 0 aliphatic rings. The lowest BCUT2D eigenvalue weighted by Crippen LogP contribution is -1.64. The molecule has 0 amide bonds. The Hall–Kier alpha value is -0.500. The molecule has 0 bridgehead atoms. The van der Waals surface area contributed by atoms with Crippen molar-refractivity contribution in [3.05, 3.63) is 29.0 Å². The van der Waals surface area contributed by atoms with Crippen molar-refractivity contribution in [2.75, 3.05) is 0 Å². The molecule has 0 saturated heterocycles. The van der Waals surface area contributed by atoms with Crippen molar-refractivity contribution >= 4 is 22.0 Å². The van der Waals surface area contributed by atoms with Crippen molar-refractivity contribution in [1.82, 2.24) is 4.98 Å². The minimum Gasteiger partial charge on any atom is -0.350 e. The second kappa shape index (κ2) is 2.18. The van der Waals surface area contributed by atoms with E-state index in [1.165, 1.54) is 0 Å². The van der Waals surface area contributed by atoms with Crippen LogP contribution >= 0.6 is 15.9 Å². The summed E-state index contributed by atoms with van der Waals surface area (Å²) in [7, 11) is 0. The first-order chi connectivity index (χ1) is 3.83. The Morgan fingerprint density at radius 2 is 2.38 bits per heavy atom. The smallest absolute Gasteiger partial charge is 0.0824 e. The van der Waals surface area contributed by atoms with E-state index in [0.717, 1.165) is 10.3 Å². The summed E-state index contributed by atoms with van der Waals surface area (Å²) in [4.78, 5) is 3.02.